The predicted molar refractivity (Wildman–Crippen MR) is 86.0 cm³/mol. The van der Waals surface area contributed by atoms with Crippen molar-refractivity contribution in [2.24, 2.45) is 5.73 Å². The summed E-state index contributed by atoms with van der Waals surface area (Å²) in [4.78, 5) is 15.6. The van der Waals surface area contributed by atoms with Crippen molar-refractivity contribution < 1.29 is 13.2 Å². The Bertz CT molecular complexity index is 611. The van der Waals surface area contributed by atoms with Crippen LogP contribution < -0.4 is 5.73 Å². The second kappa shape index (κ2) is 7.43. The molecule has 0 unspecified atom stereocenters. The van der Waals surface area contributed by atoms with E-state index in [1.54, 1.807) is 12.1 Å². The van der Waals surface area contributed by atoms with Gasteiger partial charge in [0.1, 0.15) is 4.90 Å². The van der Waals surface area contributed by atoms with Crippen molar-refractivity contribution in [2.45, 2.75) is 47.8 Å². The minimum absolute atomic E-state index is 0.200. The fraction of sp³-hybridized carbons (Fsp3) is 0.571. The van der Waals surface area contributed by atoms with Crippen LogP contribution >= 0.6 is 11.8 Å². The molecule has 0 aromatic carbocycles. The fourth-order valence-corrected chi connectivity index (χ4v) is 4.63. The smallest absolute Gasteiger partial charge is 0.244 e. The molecule has 2 rings (SSSR count). The first kappa shape index (κ1) is 17.2. The molecule has 6 nitrogen and oxygen atoms in total. The molecule has 122 valence electrons. The molecule has 1 aromatic rings. The van der Waals surface area contributed by atoms with Crippen LogP contribution in [0.1, 0.15) is 32.6 Å². The van der Waals surface area contributed by atoms with Gasteiger partial charge in [0.2, 0.25) is 15.9 Å². The Morgan fingerprint density at radius 1 is 1.36 bits per heavy atom. The van der Waals surface area contributed by atoms with Gasteiger partial charge in [-0.3, -0.25) is 4.79 Å². The molecule has 22 heavy (non-hydrogen) atoms. The Hall–Kier alpha value is -1.12. The lowest BCUT2D eigenvalue weighted by molar-refractivity contribution is -0.117. The van der Waals surface area contributed by atoms with E-state index in [4.69, 9.17) is 5.73 Å². The highest BCUT2D eigenvalue weighted by Crippen LogP contribution is 2.25. The number of amides is 1. The molecule has 1 aliphatic heterocycles. The number of carbonyl (C=O) groups is 1. The molecule has 1 saturated heterocycles. The highest BCUT2D eigenvalue weighted by molar-refractivity contribution is 8.00. The van der Waals surface area contributed by atoms with Gasteiger partial charge in [-0.15, -0.1) is 0 Å². The van der Waals surface area contributed by atoms with E-state index in [0.717, 1.165) is 19.3 Å². The number of piperidine rings is 1. The Labute approximate surface area is 135 Å². The van der Waals surface area contributed by atoms with Crippen molar-refractivity contribution >= 4 is 27.7 Å². The molecule has 2 heterocycles. The summed E-state index contributed by atoms with van der Waals surface area (Å²) in [6, 6.07) is 3.18. The summed E-state index contributed by atoms with van der Waals surface area (Å²) in [6.07, 6.45) is 4.84. The van der Waals surface area contributed by atoms with Crippen LogP contribution in [0, 0.1) is 0 Å². The lowest BCUT2D eigenvalue weighted by Crippen LogP contribution is -2.35. The summed E-state index contributed by atoms with van der Waals surface area (Å²) in [6.45, 7) is 3.01. The van der Waals surface area contributed by atoms with Crippen LogP contribution in [-0.4, -0.2) is 42.0 Å². The summed E-state index contributed by atoms with van der Waals surface area (Å²) >= 11 is 1.26. The summed E-state index contributed by atoms with van der Waals surface area (Å²) < 4.78 is 26.5. The molecule has 1 aliphatic rings. The van der Waals surface area contributed by atoms with E-state index < -0.39 is 10.0 Å². The van der Waals surface area contributed by atoms with E-state index in [-0.39, 0.29) is 16.1 Å². The van der Waals surface area contributed by atoms with E-state index >= 15 is 0 Å². The van der Waals surface area contributed by atoms with E-state index in [9.17, 15) is 13.2 Å². The third-order valence-electron chi connectivity index (χ3n) is 3.61. The molecule has 8 heteroatoms. The maximum Gasteiger partial charge on any atom is 0.244 e. The largest absolute Gasteiger partial charge is 0.369 e. The summed E-state index contributed by atoms with van der Waals surface area (Å²) in [5, 5.41) is 0.250. The van der Waals surface area contributed by atoms with Crippen molar-refractivity contribution in [1.82, 2.24) is 9.29 Å². The first-order valence-electron chi connectivity index (χ1n) is 7.37. The number of hydrogen-bond donors (Lipinski definition) is 1. The maximum absolute atomic E-state index is 12.5. The van der Waals surface area contributed by atoms with Gasteiger partial charge in [-0.2, -0.15) is 4.31 Å². The Morgan fingerprint density at radius 2 is 2.05 bits per heavy atom. The second-order valence-corrected chi connectivity index (χ2v) is 8.37. The second-order valence-electron chi connectivity index (χ2n) is 5.21. The van der Waals surface area contributed by atoms with Gasteiger partial charge in [0, 0.05) is 19.3 Å². The summed E-state index contributed by atoms with van der Waals surface area (Å²) in [5.74, 6) is -0.390. The number of primary amides is 1. The van der Waals surface area contributed by atoms with Crippen LogP contribution in [0.5, 0.6) is 0 Å². The number of thioether (sulfide) groups is 1. The van der Waals surface area contributed by atoms with Crippen LogP contribution in [0.25, 0.3) is 0 Å². The Kier molecular flexibility index (Phi) is 5.82. The maximum atomic E-state index is 12.5. The summed E-state index contributed by atoms with van der Waals surface area (Å²) in [7, 11) is -3.46. The lowest BCUT2D eigenvalue weighted by atomic mass is 10.2. The van der Waals surface area contributed by atoms with Crippen LogP contribution in [0.3, 0.4) is 0 Å². The quantitative estimate of drug-likeness (QED) is 0.792. The minimum atomic E-state index is -3.46. The van der Waals surface area contributed by atoms with E-state index in [2.05, 4.69) is 4.98 Å². The molecular formula is C14H21N3O3S2. The number of nitrogens with two attached hydrogens (primary N) is 1. The van der Waals surface area contributed by atoms with Crippen LogP contribution in [-0.2, 0) is 14.8 Å². The van der Waals surface area contributed by atoms with Gasteiger partial charge < -0.3 is 5.73 Å². The fourth-order valence-electron chi connectivity index (χ4n) is 2.33. The van der Waals surface area contributed by atoms with Crippen molar-refractivity contribution in [3.05, 3.63) is 18.3 Å². The van der Waals surface area contributed by atoms with Crippen molar-refractivity contribution in [3.63, 3.8) is 0 Å². The summed E-state index contributed by atoms with van der Waals surface area (Å²) in [5.41, 5.74) is 5.30. The number of hydrogen-bond acceptors (Lipinski definition) is 5. The SMILES string of the molecule is CC[C@H](Sc1ccc(S(=O)(=O)N2CCCCC2)cn1)C(N)=O. The van der Waals surface area contributed by atoms with Crippen molar-refractivity contribution in [3.8, 4) is 0 Å². The molecule has 0 aliphatic carbocycles. The number of rotatable bonds is 6. The number of nitrogens with zero attached hydrogens (tertiary/aromatic N) is 2. The number of aromatic nitrogens is 1. The minimum Gasteiger partial charge on any atom is -0.369 e. The molecule has 0 radical (unpaired) electrons. The van der Waals surface area contributed by atoms with Gasteiger partial charge in [-0.1, -0.05) is 25.1 Å². The number of pyridine rings is 1. The van der Waals surface area contributed by atoms with Crippen LogP contribution in [0.15, 0.2) is 28.3 Å². The third kappa shape index (κ3) is 3.99. The van der Waals surface area contributed by atoms with E-state index in [0.29, 0.717) is 24.5 Å². The van der Waals surface area contributed by atoms with Crippen molar-refractivity contribution in [2.75, 3.05) is 13.1 Å². The van der Waals surface area contributed by atoms with E-state index in [1.807, 2.05) is 6.92 Å². The standard InChI is InChI=1S/C14H21N3O3S2/c1-2-12(14(15)18)21-13-7-6-11(10-16-13)22(19,20)17-8-4-3-5-9-17/h6-7,10,12H,2-5,8-9H2,1H3,(H2,15,18)/t12-/m0/s1. The zero-order chi connectivity index (χ0) is 16.2. The highest BCUT2D eigenvalue weighted by atomic mass is 32.2. The molecule has 1 aromatic heterocycles. The van der Waals surface area contributed by atoms with Gasteiger partial charge in [-0.25, -0.2) is 13.4 Å². The molecule has 0 spiro atoms. The van der Waals surface area contributed by atoms with Gasteiger partial charge in [0.05, 0.1) is 10.3 Å². The first-order chi connectivity index (χ1) is 10.4. The van der Waals surface area contributed by atoms with Crippen LogP contribution in [0.2, 0.25) is 0 Å². The van der Waals surface area contributed by atoms with Gasteiger partial charge in [0.15, 0.2) is 0 Å². The average Bonchev–Trinajstić information content (AvgIpc) is 2.53. The van der Waals surface area contributed by atoms with Crippen LogP contribution in [0.4, 0.5) is 0 Å². The number of carbonyl (C=O) groups excluding carboxylic acids is 1. The topological polar surface area (TPSA) is 93.4 Å². The van der Waals surface area contributed by atoms with Gasteiger partial charge >= 0.3 is 0 Å². The molecule has 0 bridgehead atoms. The zero-order valence-corrected chi connectivity index (χ0v) is 14.2. The monoisotopic (exact) mass is 343 g/mol. The first-order valence-corrected chi connectivity index (χ1v) is 9.69. The normalized spacial score (nSPS) is 18.0. The third-order valence-corrected chi connectivity index (χ3v) is 6.83. The molecule has 1 amide bonds. The van der Waals surface area contributed by atoms with Gasteiger partial charge in [0.25, 0.3) is 0 Å². The predicted octanol–water partition coefficient (Wildman–Crippen LogP) is 1.61. The average molecular weight is 343 g/mol. The molecule has 0 saturated carbocycles. The molecular weight excluding hydrogens is 322 g/mol. The van der Waals surface area contributed by atoms with Gasteiger partial charge in [-0.05, 0) is 31.4 Å². The Morgan fingerprint density at radius 3 is 2.55 bits per heavy atom. The molecule has 2 N–H and O–H groups in total. The molecule has 1 atom stereocenters. The lowest BCUT2D eigenvalue weighted by Gasteiger charge is -2.25. The highest BCUT2D eigenvalue weighted by Gasteiger charge is 2.26. The van der Waals surface area contributed by atoms with E-state index in [1.165, 1.54) is 22.3 Å². The molecule has 1 fully saturated rings. The number of sulfonamides is 1. The Balaban J connectivity index is 2.12. The zero-order valence-electron chi connectivity index (χ0n) is 12.6. The van der Waals surface area contributed by atoms with Crippen molar-refractivity contribution in [1.29, 1.82) is 0 Å².